The standard InChI is InChI=1S/C13H24N2O2/c14-9-12-10-17-8-7-15(12)13(16)11-5-3-1-2-4-6-11/h11-12H,1-10,14H2. The summed E-state index contributed by atoms with van der Waals surface area (Å²) in [5, 5.41) is 0. The Morgan fingerprint density at radius 2 is 1.94 bits per heavy atom. The van der Waals surface area contributed by atoms with E-state index in [2.05, 4.69) is 0 Å². The van der Waals surface area contributed by atoms with Crippen molar-refractivity contribution in [2.24, 2.45) is 11.7 Å². The average Bonchev–Trinajstić information content (AvgIpc) is 2.66. The molecule has 0 aromatic carbocycles. The Labute approximate surface area is 103 Å². The predicted molar refractivity (Wildman–Crippen MR) is 66.6 cm³/mol. The summed E-state index contributed by atoms with van der Waals surface area (Å²) in [6, 6.07) is 0.0968. The van der Waals surface area contributed by atoms with E-state index in [1.54, 1.807) is 0 Å². The first-order valence-electron chi connectivity index (χ1n) is 6.91. The van der Waals surface area contributed by atoms with Gasteiger partial charge in [-0.15, -0.1) is 0 Å². The van der Waals surface area contributed by atoms with E-state index < -0.39 is 0 Å². The van der Waals surface area contributed by atoms with Crippen LogP contribution >= 0.6 is 0 Å². The highest BCUT2D eigenvalue weighted by molar-refractivity contribution is 5.79. The summed E-state index contributed by atoms with van der Waals surface area (Å²) in [4.78, 5) is 14.5. The molecule has 1 aliphatic heterocycles. The fraction of sp³-hybridized carbons (Fsp3) is 0.923. The summed E-state index contributed by atoms with van der Waals surface area (Å²) in [6.45, 7) is 2.50. The molecule has 1 heterocycles. The third-order valence-corrected chi connectivity index (χ3v) is 3.99. The minimum absolute atomic E-state index is 0.0968. The molecule has 1 saturated carbocycles. The molecule has 0 aromatic heterocycles. The van der Waals surface area contributed by atoms with Crippen molar-refractivity contribution >= 4 is 5.91 Å². The van der Waals surface area contributed by atoms with E-state index in [-0.39, 0.29) is 12.0 Å². The van der Waals surface area contributed by atoms with E-state index in [9.17, 15) is 4.79 Å². The van der Waals surface area contributed by atoms with Crippen molar-refractivity contribution in [3.63, 3.8) is 0 Å². The van der Waals surface area contributed by atoms with Crippen LogP contribution in [0.5, 0.6) is 0 Å². The SMILES string of the molecule is NCC1COCCN1C(=O)C1CCCCCC1. The molecule has 2 rings (SSSR count). The number of rotatable bonds is 2. The lowest BCUT2D eigenvalue weighted by molar-refractivity contribution is -0.144. The summed E-state index contributed by atoms with van der Waals surface area (Å²) in [5.41, 5.74) is 5.72. The van der Waals surface area contributed by atoms with Gasteiger partial charge in [-0.3, -0.25) is 4.79 Å². The highest BCUT2D eigenvalue weighted by Gasteiger charge is 2.31. The van der Waals surface area contributed by atoms with Crippen molar-refractivity contribution in [1.29, 1.82) is 0 Å². The van der Waals surface area contributed by atoms with Crippen molar-refractivity contribution in [3.8, 4) is 0 Å². The molecule has 0 radical (unpaired) electrons. The number of hydrogen-bond acceptors (Lipinski definition) is 3. The number of amides is 1. The minimum atomic E-state index is 0.0968. The van der Waals surface area contributed by atoms with Gasteiger partial charge in [0.1, 0.15) is 0 Å². The molecule has 1 saturated heterocycles. The number of carbonyl (C=O) groups excluding carboxylic acids is 1. The van der Waals surface area contributed by atoms with Crippen LogP contribution in [0.25, 0.3) is 0 Å². The van der Waals surface area contributed by atoms with Gasteiger partial charge >= 0.3 is 0 Å². The molecule has 2 fully saturated rings. The van der Waals surface area contributed by atoms with Gasteiger partial charge in [-0.2, -0.15) is 0 Å². The van der Waals surface area contributed by atoms with Crippen LogP contribution in [-0.4, -0.2) is 43.2 Å². The van der Waals surface area contributed by atoms with Gasteiger partial charge in [0.25, 0.3) is 0 Å². The van der Waals surface area contributed by atoms with Crippen LogP contribution < -0.4 is 5.73 Å². The van der Waals surface area contributed by atoms with E-state index in [4.69, 9.17) is 10.5 Å². The van der Waals surface area contributed by atoms with Gasteiger partial charge in [0.15, 0.2) is 0 Å². The van der Waals surface area contributed by atoms with Gasteiger partial charge in [-0.1, -0.05) is 25.7 Å². The Bertz CT molecular complexity index is 250. The van der Waals surface area contributed by atoms with Crippen molar-refractivity contribution in [2.75, 3.05) is 26.3 Å². The van der Waals surface area contributed by atoms with Gasteiger partial charge in [0.2, 0.25) is 5.91 Å². The Morgan fingerprint density at radius 3 is 2.59 bits per heavy atom. The Kier molecular flexibility index (Phi) is 4.80. The number of ether oxygens (including phenoxy) is 1. The molecule has 2 N–H and O–H groups in total. The second-order valence-corrected chi connectivity index (χ2v) is 5.18. The lowest BCUT2D eigenvalue weighted by Crippen LogP contribution is -2.53. The minimum Gasteiger partial charge on any atom is -0.377 e. The molecule has 0 spiro atoms. The molecule has 17 heavy (non-hydrogen) atoms. The van der Waals surface area contributed by atoms with E-state index in [0.29, 0.717) is 25.7 Å². The summed E-state index contributed by atoms with van der Waals surface area (Å²) in [6.07, 6.45) is 7.10. The molecular weight excluding hydrogens is 216 g/mol. The van der Waals surface area contributed by atoms with E-state index >= 15 is 0 Å². The molecule has 1 aliphatic carbocycles. The lowest BCUT2D eigenvalue weighted by Gasteiger charge is -2.37. The van der Waals surface area contributed by atoms with Crippen molar-refractivity contribution < 1.29 is 9.53 Å². The molecule has 0 bridgehead atoms. The van der Waals surface area contributed by atoms with Gasteiger partial charge in [0, 0.05) is 19.0 Å². The maximum atomic E-state index is 12.5. The van der Waals surface area contributed by atoms with Gasteiger partial charge in [0.05, 0.1) is 19.3 Å². The third kappa shape index (κ3) is 3.19. The zero-order chi connectivity index (χ0) is 12.1. The second kappa shape index (κ2) is 6.36. The molecule has 4 nitrogen and oxygen atoms in total. The number of hydrogen-bond donors (Lipinski definition) is 1. The largest absolute Gasteiger partial charge is 0.377 e. The van der Waals surface area contributed by atoms with Crippen LogP contribution in [-0.2, 0) is 9.53 Å². The van der Waals surface area contributed by atoms with Crippen LogP contribution in [0.1, 0.15) is 38.5 Å². The van der Waals surface area contributed by atoms with Crippen molar-refractivity contribution in [1.82, 2.24) is 4.90 Å². The zero-order valence-electron chi connectivity index (χ0n) is 10.6. The highest BCUT2D eigenvalue weighted by atomic mass is 16.5. The average molecular weight is 240 g/mol. The van der Waals surface area contributed by atoms with Crippen LogP contribution in [0.2, 0.25) is 0 Å². The fourth-order valence-corrected chi connectivity index (χ4v) is 2.90. The molecule has 1 unspecified atom stereocenters. The van der Waals surface area contributed by atoms with Crippen molar-refractivity contribution in [2.45, 2.75) is 44.6 Å². The Hall–Kier alpha value is -0.610. The predicted octanol–water partition coefficient (Wildman–Crippen LogP) is 1.14. The zero-order valence-corrected chi connectivity index (χ0v) is 10.6. The quantitative estimate of drug-likeness (QED) is 0.736. The number of nitrogens with two attached hydrogens (primary N) is 1. The molecule has 0 aromatic rings. The van der Waals surface area contributed by atoms with E-state index in [1.807, 2.05) is 4.90 Å². The Balaban J connectivity index is 1.96. The van der Waals surface area contributed by atoms with Crippen LogP contribution in [0.15, 0.2) is 0 Å². The first-order valence-corrected chi connectivity index (χ1v) is 6.91. The lowest BCUT2D eigenvalue weighted by atomic mass is 9.97. The van der Waals surface area contributed by atoms with Crippen LogP contribution in [0.4, 0.5) is 0 Å². The third-order valence-electron chi connectivity index (χ3n) is 3.99. The highest BCUT2D eigenvalue weighted by Crippen LogP contribution is 2.25. The summed E-state index contributed by atoms with van der Waals surface area (Å²) >= 11 is 0. The molecular formula is C13H24N2O2. The van der Waals surface area contributed by atoms with Gasteiger partial charge in [-0.05, 0) is 12.8 Å². The normalized spacial score (nSPS) is 27.8. The second-order valence-electron chi connectivity index (χ2n) is 5.18. The van der Waals surface area contributed by atoms with Crippen LogP contribution in [0, 0.1) is 5.92 Å². The smallest absolute Gasteiger partial charge is 0.226 e. The maximum Gasteiger partial charge on any atom is 0.226 e. The fourth-order valence-electron chi connectivity index (χ4n) is 2.90. The maximum absolute atomic E-state index is 12.5. The van der Waals surface area contributed by atoms with Gasteiger partial charge < -0.3 is 15.4 Å². The monoisotopic (exact) mass is 240 g/mol. The molecule has 98 valence electrons. The molecule has 4 heteroatoms. The summed E-state index contributed by atoms with van der Waals surface area (Å²) in [7, 11) is 0. The molecule has 1 atom stereocenters. The van der Waals surface area contributed by atoms with E-state index in [1.165, 1.54) is 25.7 Å². The summed E-state index contributed by atoms with van der Waals surface area (Å²) in [5.74, 6) is 0.565. The number of morpholine rings is 1. The molecule has 2 aliphatic rings. The number of carbonyl (C=O) groups is 1. The van der Waals surface area contributed by atoms with Gasteiger partial charge in [-0.25, -0.2) is 0 Å². The molecule has 1 amide bonds. The topological polar surface area (TPSA) is 55.6 Å². The van der Waals surface area contributed by atoms with Crippen LogP contribution in [0.3, 0.4) is 0 Å². The summed E-state index contributed by atoms with van der Waals surface area (Å²) < 4.78 is 5.39. The first-order chi connectivity index (χ1) is 8.33. The van der Waals surface area contributed by atoms with E-state index in [0.717, 1.165) is 19.4 Å². The van der Waals surface area contributed by atoms with Crippen molar-refractivity contribution in [3.05, 3.63) is 0 Å². The first kappa shape index (κ1) is 12.8. The number of nitrogens with zero attached hydrogens (tertiary/aromatic N) is 1. The Morgan fingerprint density at radius 1 is 1.24 bits per heavy atom.